The van der Waals surface area contributed by atoms with E-state index < -0.39 is 0 Å². The molecule has 4 rings (SSSR count). The third kappa shape index (κ3) is 3.51. The highest BCUT2D eigenvalue weighted by Crippen LogP contribution is 2.33. The molecule has 0 saturated heterocycles. The molecule has 1 N–H and O–H groups in total. The van der Waals surface area contributed by atoms with E-state index in [4.69, 9.17) is 18.7 Å². The molecule has 0 radical (unpaired) electrons. The molecule has 2 aromatic carbocycles. The molecule has 144 valence electrons. The van der Waals surface area contributed by atoms with E-state index in [1.807, 2.05) is 24.3 Å². The normalized spacial score (nSPS) is 14.9. The van der Waals surface area contributed by atoms with Crippen LogP contribution >= 0.6 is 0 Å². The van der Waals surface area contributed by atoms with Crippen molar-refractivity contribution >= 4 is 5.91 Å². The zero-order chi connectivity index (χ0) is 19.5. The molecule has 0 bridgehead atoms. The number of nitrogens with one attached hydrogen (secondary N) is 1. The number of para-hydroxylation sites is 1. The highest BCUT2D eigenvalue weighted by atomic mass is 16.5. The predicted octanol–water partition coefficient (Wildman–Crippen LogP) is 3.09. The van der Waals surface area contributed by atoms with E-state index >= 15 is 0 Å². The zero-order valence-electron chi connectivity index (χ0n) is 15.6. The van der Waals surface area contributed by atoms with Crippen molar-refractivity contribution in [3.05, 3.63) is 59.8 Å². The molecular weight excluding hydrogens is 360 g/mol. The number of fused-ring (bicyclic) bond motifs is 1. The number of rotatable bonds is 6. The summed E-state index contributed by atoms with van der Waals surface area (Å²) in [6, 6.07) is 14.8. The van der Waals surface area contributed by atoms with Crippen molar-refractivity contribution in [2.45, 2.75) is 12.5 Å². The van der Waals surface area contributed by atoms with Gasteiger partial charge in [0.1, 0.15) is 23.4 Å². The van der Waals surface area contributed by atoms with Gasteiger partial charge in [0, 0.05) is 12.5 Å². The first-order chi connectivity index (χ1) is 13.7. The maximum absolute atomic E-state index is 12.5. The monoisotopic (exact) mass is 380 g/mol. The Hall–Kier alpha value is -3.48. The van der Waals surface area contributed by atoms with E-state index in [-0.39, 0.29) is 17.7 Å². The molecule has 1 aliphatic rings. The topological polar surface area (TPSA) is 82.8 Å². The number of carbonyl (C=O) groups excluding carboxylic acids is 1. The molecule has 0 spiro atoms. The molecule has 2 heterocycles. The number of ether oxygens (including phenoxy) is 3. The first-order valence-electron chi connectivity index (χ1n) is 8.90. The van der Waals surface area contributed by atoms with Gasteiger partial charge >= 0.3 is 0 Å². The molecule has 1 atom stereocenters. The minimum absolute atomic E-state index is 0.0915. The quantitative estimate of drug-likeness (QED) is 0.708. The van der Waals surface area contributed by atoms with Gasteiger partial charge in [-0.1, -0.05) is 23.4 Å². The smallest absolute Gasteiger partial charge is 0.273 e. The van der Waals surface area contributed by atoms with Crippen LogP contribution in [0.2, 0.25) is 0 Å². The van der Waals surface area contributed by atoms with Gasteiger partial charge in [-0.05, 0) is 29.8 Å². The standard InChI is InChI=1S/C21H20N2O5/c1-25-14-7-8-19(26-2)16(10-14)20-11-17(23-28-20)21(24)22-12-15-9-13-5-3-4-6-18(13)27-15/h3-8,10-11,15H,9,12H2,1-2H3,(H,22,24). The Bertz CT molecular complexity index is 973. The summed E-state index contributed by atoms with van der Waals surface area (Å²) < 4.78 is 21.8. The van der Waals surface area contributed by atoms with E-state index in [9.17, 15) is 4.79 Å². The Kier molecular flexibility index (Phi) is 4.89. The molecule has 7 heteroatoms. The molecular formula is C21H20N2O5. The molecule has 7 nitrogen and oxygen atoms in total. The van der Waals surface area contributed by atoms with Crippen LogP contribution in [0.15, 0.2) is 53.1 Å². The van der Waals surface area contributed by atoms with Gasteiger partial charge in [-0.25, -0.2) is 0 Å². The summed E-state index contributed by atoms with van der Waals surface area (Å²) in [6.45, 7) is 0.387. The summed E-state index contributed by atoms with van der Waals surface area (Å²) in [6.07, 6.45) is 0.674. The van der Waals surface area contributed by atoms with Gasteiger partial charge in [-0.15, -0.1) is 0 Å². The SMILES string of the molecule is COc1ccc(OC)c(-c2cc(C(=O)NCC3Cc4ccccc4O3)no2)c1. The minimum atomic E-state index is -0.323. The van der Waals surface area contributed by atoms with E-state index in [1.165, 1.54) is 0 Å². The van der Waals surface area contributed by atoms with Crippen LogP contribution in [0.3, 0.4) is 0 Å². The summed E-state index contributed by atoms with van der Waals surface area (Å²) in [5.74, 6) is 2.22. The van der Waals surface area contributed by atoms with E-state index in [0.29, 0.717) is 29.4 Å². The lowest BCUT2D eigenvalue weighted by atomic mass is 10.1. The van der Waals surface area contributed by atoms with Crippen molar-refractivity contribution in [1.29, 1.82) is 0 Å². The molecule has 28 heavy (non-hydrogen) atoms. The average Bonchev–Trinajstić information content (AvgIpc) is 3.38. The van der Waals surface area contributed by atoms with E-state index in [2.05, 4.69) is 10.5 Å². The lowest BCUT2D eigenvalue weighted by molar-refractivity contribution is 0.0924. The van der Waals surface area contributed by atoms with Crippen molar-refractivity contribution in [1.82, 2.24) is 10.5 Å². The van der Waals surface area contributed by atoms with Crippen LogP contribution in [-0.4, -0.2) is 37.9 Å². The lowest BCUT2D eigenvalue weighted by Crippen LogP contribution is -2.34. The van der Waals surface area contributed by atoms with Crippen LogP contribution in [0.4, 0.5) is 0 Å². The second-order valence-electron chi connectivity index (χ2n) is 6.40. The molecule has 1 aromatic heterocycles. The van der Waals surface area contributed by atoms with E-state index in [1.54, 1.807) is 38.5 Å². The van der Waals surface area contributed by atoms with Crippen LogP contribution in [0.25, 0.3) is 11.3 Å². The number of nitrogens with zero attached hydrogens (tertiary/aromatic N) is 1. The van der Waals surface area contributed by atoms with Crippen LogP contribution < -0.4 is 19.5 Å². The predicted molar refractivity (Wildman–Crippen MR) is 102 cm³/mol. The van der Waals surface area contributed by atoms with E-state index in [0.717, 1.165) is 17.7 Å². The fourth-order valence-electron chi connectivity index (χ4n) is 3.18. The van der Waals surface area contributed by atoms with Gasteiger partial charge in [0.2, 0.25) is 0 Å². The number of methoxy groups -OCH3 is 2. The fourth-order valence-corrected chi connectivity index (χ4v) is 3.18. The third-order valence-corrected chi connectivity index (χ3v) is 4.62. The number of amides is 1. The Morgan fingerprint density at radius 3 is 2.82 bits per heavy atom. The van der Waals surface area contributed by atoms with Crippen LogP contribution in [0, 0.1) is 0 Å². The number of benzene rings is 2. The summed E-state index contributed by atoms with van der Waals surface area (Å²) in [4.78, 5) is 12.5. The molecule has 1 aliphatic heterocycles. The van der Waals surface area contributed by atoms with Gasteiger partial charge < -0.3 is 24.1 Å². The highest BCUT2D eigenvalue weighted by molar-refractivity contribution is 5.93. The fraction of sp³-hybridized carbons (Fsp3) is 0.238. The molecule has 3 aromatic rings. The second-order valence-corrected chi connectivity index (χ2v) is 6.40. The second kappa shape index (κ2) is 7.64. The van der Waals surface area contributed by atoms with Crippen LogP contribution in [0.1, 0.15) is 16.1 Å². The summed E-state index contributed by atoms with van der Waals surface area (Å²) >= 11 is 0. The summed E-state index contributed by atoms with van der Waals surface area (Å²) in [5, 5.41) is 6.73. The van der Waals surface area contributed by atoms with Crippen molar-refractivity contribution in [3.8, 4) is 28.6 Å². The maximum atomic E-state index is 12.5. The number of carbonyl (C=O) groups is 1. The number of aromatic nitrogens is 1. The molecule has 1 unspecified atom stereocenters. The Labute approximate surface area is 162 Å². The maximum Gasteiger partial charge on any atom is 0.273 e. The Morgan fingerprint density at radius 2 is 2.04 bits per heavy atom. The van der Waals surface area contributed by atoms with Gasteiger partial charge in [0.05, 0.1) is 26.3 Å². The van der Waals surface area contributed by atoms with Gasteiger partial charge in [0.15, 0.2) is 11.5 Å². The zero-order valence-corrected chi connectivity index (χ0v) is 15.6. The van der Waals surface area contributed by atoms with Crippen molar-refractivity contribution < 1.29 is 23.5 Å². The minimum Gasteiger partial charge on any atom is -0.497 e. The summed E-state index contributed by atoms with van der Waals surface area (Å²) in [5.41, 5.74) is 1.99. The van der Waals surface area contributed by atoms with Crippen molar-refractivity contribution in [2.75, 3.05) is 20.8 Å². The third-order valence-electron chi connectivity index (χ3n) is 4.62. The van der Waals surface area contributed by atoms with Gasteiger partial charge in [-0.2, -0.15) is 0 Å². The lowest BCUT2D eigenvalue weighted by Gasteiger charge is -2.10. The van der Waals surface area contributed by atoms with Gasteiger partial charge in [0.25, 0.3) is 5.91 Å². The van der Waals surface area contributed by atoms with Crippen LogP contribution in [0.5, 0.6) is 17.2 Å². The largest absolute Gasteiger partial charge is 0.497 e. The highest BCUT2D eigenvalue weighted by Gasteiger charge is 2.24. The van der Waals surface area contributed by atoms with Crippen molar-refractivity contribution in [3.63, 3.8) is 0 Å². The van der Waals surface area contributed by atoms with Gasteiger partial charge in [-0.3, -0.25) is 4.79 Å². The number of hydrogen-bond donors (Lipinski definition) is 1. The van der Waals surface area contributed by atoms with Crippen LogP contribution in [-0.2, 0) is 6.42 Å². The molecule has 0 saturated carbocycles. The Balaban J connectivity index is 1.43. The molecule has 1 amide bonds. The first kappa shape index (κ1) is 17.9. The number of hydrogen-bond acceptors (Lipinski definition) is 6. The average molecular weight is 380 g/mol. The molecule has 0 aliphatic carbocycles. The van der Waals surface area contributed by atoms with Crippen molar-refractivity contribution in [2.24, 2.45) is 0 Å². The molecule has 0 fully saturated rings. The first-order valence-corrected chi connectivity index (χ1v) is 8.90. The summed E-state index contributed by atoms with van der Waals surface area (Å²) in [7, 11) is 3.14. The Morgan fingerprint density at radius 1 is 1.18 bits per heavy atom.